The number of unbranched alkanes of at least 4 members (excludes halogenated alkanes) is 2. The normalized spacial score (nSPS) is 18.5. The van der Waals surface area contributed by atoms with Crippen LogP contribution in [0.1, 0.15) is 44.4 Å². The van der Waals surface area contributed by atoms with Crippen molar-refractivity contribution in [3.63, 3.8) is 0 Å². The molecule has 0 spiro atoms. The van der Waals surface area contributed by atoms with Crippen molar-refractivity contribution in [3.8, 4) is 17.1 Å². The first-order chi connectivity index (χ1) is 14.7. The maximum Gasteiger partial charge on any atom is 0.226 e. The van der Waals surface area contributed by atoms with E-state index in [1.165, 1.54) is 19.3 Å². The van der Waals surface area contributed by atoms with Crippen LogP contribution in [0, 0.1) is 0 Å². The van der Waals surface area contributed by atoms with E-state index in [2.05, 4.69) is 32.0 Å². The van der Waals surface area contributed by atoms with E-state index >= 15 is 0 Å². The van der Waals surface area contributed by atoms with Gasteiger partial charge in [-0.05, 0) is 62.6 Å². The Morgan fingerprint density at radius 3 is 2.71 bits per heavy atom. The van der Waals surface area contributed by atoms with Crippen molar-refractivity contribution in [1.82, 2.24) is 20.8 Å². The average Bonchev–Trinajstić information content (AvgIpc) is 3.44. The van der Waals surface area contributed by atoms with Crippen molar-refractivity contribution in [2.45, 2.75) is 56.2 Å². The Morgan fingerprint density at radius 1 is 1.23 bits per heavy atom. The van der Waals surface area contributed by atoms with E-state index in [4.69, 9.17) is 9.26 Å². The predicted octanol–water partition coefficient (Wildman–Crippen LogP) is 4.53. The summed E-state index contributed by atoms with van der Waals surface area (Å²) in [6.07, 6.45) is 9.96. The van der Waals surface area contributed by atoms with E-state index in [1.807, 2.05) is 43.1 Å². The van der Waals surface area contributed by atoms with Crippen LogP contribution in [0.3, 0.4) is 0 Å². The van der Waals surface area contributed by atoms with Crippen molar-refractivity contribution in [1.29, 1.82) is 0 Å². The molecule has 0 radical (unpaired) electrons. The van der Waals surface area contributed by atoms with Crippen molar-refractivity contribution in [2.24, 2.45) is 4.99 Å². The lowest BCUT2D eigenvalue weighted by atomic mass is 10.2. The number of nitrogens with zero attached hydrogens (tertiary/aromatic N) is 3. The summed E-state index contributed by atoms with van der Waals surface area (Å²) in [5.74, 6) is 3.05. The number of aryl methyl sites for hydroxylation is 1. The molecule has 1 aromatic carbocycles. The number of hydrogen-bond donors (Lipinski definition) is 2. The molecule has 31 heavy (non-hydrogen) atoms. The lowest BCUT2D eigenvalue weighted by molar-refractivity contribution is 0.374. The van der Waals surface area contributed by atoms with Gasteiger partial charge in [0.15, 0.2) is 5.96 Å². The van der Waals surface area contributed by atoms with Crippen LogP contribution in [0.2, 0.25) is 0 Å². The standard InChI is InChI=1S/C22H33N5O2S.HI/c1-23-22(25-17-10-13-19(15-17)30-3)24-14-6-4-5-7-20-26-21(27-29-20)16-8-11-18(28-2)12-9-16;/h8-9,11-12,17,19H,4-7,10,13-15H2,1-3H3,(H2,23,24,25);1H. The molecular weight excluding hydrogens is 525 g/mol. The fourth-order valence-electron chi connectivity index (χ4n) is 3.67. The Balaban J connectivity index is 0.00000341. The van der Waals surface area contributed by atoms with Crippen molar-refractivity contribution < 1.29 is 9.26 Å². The van der Waals surface area contributed by atoms with Gasteiger partial charge in [-0.3, -0.25) is 4.99 Å². The average molecular weight is 560 g/mol. The molecule has 9 heteroatoms. The molecule has 1 aliphatic carbocycles. The molecule has 1 aliphatic rings. The zero-order chi connectivity index (χ0) is 21.2. The summed E-state index contributed by atoms with van der Waals surface area (Å²) >= 11 is 1.97. The van der Waals surface area contributed by atoms with Crippen LogP contribution in [0.5, 0.6) is 5.75 Å². The highest BCUT2D eigenvalue weighted by Gasteiger charge is 2.24. The Morgan fingerprint density at radius 2 is 2.03 bits per heavy atom. The smallest absolute Gasteiger partial charge is 0.226 e. The van der Waals surface area contributed by atoms with Gasteiger partial charge in [0.05, 0.1) is 7.11 Å². The van der Waals surface area contributed by atoms with Gasteiger partial charge in [0.25, 0.3) is 0 Å². The van der Waals surface area contributed by atoms with Crippen LogP contribution in [-0.2, 0) is 6.42 Å². The van der Waals surface area contributed by atoms with Crippen LogP contribution >= 0.6 is 35.7 Å². The Bertz CT molecular complexity index is 799. The summed E-state index contributed by atoms with van der Waals surface area (Å²) in [5, 5.41) is 11.9. The van der Waals surface area contributed by atoms with E-state index in [0.717, 1.165) is 54.8 Å². The van der Waals surface area contributed by atoms with Gasteiger partial charge in [-0.25, -0.2) is 0 Å². The van der Waals surface area contributed by atoms with Gasteiger partial charge in [0.1, 0.15) is 5.75 Å². The topological polar surface area (TPSA) is 84.6 Å². The predicted molar refractivity (Wildman–Crippen MR) is 139 cm³/mol. The Hall–Kier alpha value is -1.49. The summed E-state index contributed by atoms with van der Waals surface area (Å²) in [7, 11) is 3.49. The second kappa shape index (κ2) is 13.8. The van der Waals surface area contributed by atoms with E-state index in [1.54, 1.807) is 7.11 Å². The largest absolute Gasteiger partial charge is 0.497 e. The first kappa shape index (κ1) is 25.8. The lowest BCUT2D eigenvalue weighted by Gasteiger charge is -2.17. The van der Waals surface area contributed by atoms with Crippen LogP contribution in [-0.4, -0.2) is 54.3 Å². The number of methoxy groups -OCH3 is 1. The monoisotopic (exact) mass is 559 g/mol. The Labute approximate surface area is 206 Å². The molecule has 0 aliphatic heterocycles. The number of aromatic nitrogens is 2. The number of aliphatic imine (C=N–C) groups is 1. The van der Waals surface area contributed by atoms with Gasteiger partial charge in [0, 0.05) is 36.9 Å². The minimum Gasteiger partial charge on any atom is -0.497 e. The van der Waals surface area contributed by atoms with E-state index in [-0.39, 0.29) is 24.0 Å². The number of hydrogen-bond acceptors (Lipinski definition) is 6. The van der Waals surface area contributed by atoms with Gasteiger partial charge >= 0.3 is 0 Å². The van der Waals surface area contributed by atoms with Crippen molar-refractivity contribution >= 4 is 41.7 Å². The van der Waals surface area contributed by atoms with Crippen LogP contribution in [0.25, 0.3) is 11.4 Å². The molecule has 3 rings (SSSR count). The SMILES string of the molecule is CN=C(NCCCCCc1nc(-c2ccc(OC)cc2)no1)NC1CCC(SC)C1.I. The zero-order valence-electron chi connectivity index (χ0n) is 18.6. The summed E-state index contributed by atoms with van der Waals surface area (Å²) in [6.45, 7) is 0.916. The van der Waals surface area contributed by atoms with Gasteiger partial charge in [-0.15, -0.1) is 24.0 Å². The van der Waals surface area contributed by atoms with E-state index in [9.17, 15) is 0 Å². The quantitative estimate of drug-likeness (QED) is 0.192. The van der Waals surface area contributed by atoms with Crippen LogP contribution in [0.4, 0.5) is 0 Å². The highest BCUT2D eigenvalue weighted by atomic mass is 127. The number of ether oxygens (including phenoxy) is 1. The molecule has 1 heterocycles. The highest BCUT2D eigenvalue weighted by molar-refractivity contribution is 14.0. The molecule has 2 atom stereocenters. The van der Waals surface area contributed by atoms with Crippen molar-refractivity contribution in [2.75, 3.05) is 27.0 Å². The molecule has 7 nitrogen and oxygen atoms in total. The number of halogens is 1. The van der Waals surface area contributed by atoms with Gasteiger partial charge in [-0.1, -0.05) is 11.6 Å². The molecule has 1 saturated carbocycles. The summed E-state index contributed by atoms with van der Waals surface area (Å²) in [6, 6.07) is 8.22. The minimum absolute atomic E-state index is 0. The maximum absolute atomic E-state index is 5.39. The number of rotatable bonds is 10. The second-order valence-electron chi connectivity index (χ2n) is 7.56. The van der Waals surface area contributed by atoms with E-state index < -0.39 is 0 Å². The maximum atomic E-state index is 5.39. The van der Waals surface area contributed by atoms with Crippen molar-refractivity contribution in [3.05, 3.63) is 30.2 Å². The van der Waals surface area contributed by atoms with Crippen LogP contribution in [0.15, 0.2) is 33.8 Å². The highest BCUT2D eigenvalue weighted by Crippen LogP contribution is 2.28. The molecule has 0 bridgehead atoms. The molecule has 2 N–H and O–H groups in total. The molecule has 2 unspecified atom stereocenters. The number of thioether (sulfide) groups is 1. The minimum atomic E-state index is 0. The fourth-order valence-corrected chi connectivity index (χ4v) is 4.47. The molecule has 2 aromatic rings. The molecule has 0 amide bonds. The molecule has 1 fully saturated rings. The molecule has 0 saturated heterocycles. The van der Waals surface area contributed by atoms with Crippen LogP contribution < -0.4 is 15.4 Å². The zero-order valence-corrected chi connectivity index (χ0v) is 21.7. The van der Waals surface area contributed by atoms with Gasteiger partial charge in [0.2, 0.25) is 11.7 Å². The first-order valence-corrected chi connectivity index (χ1v) is 12.0. The Kier molecular flexibility index (Phi) is 11.5. The second-order valence-corrected chi connectivity index (χ2v) is 8.70. The number of nitrogens with one attached hydrogen (secondary N) is 2. The summed E-state index contributed by atoms with van der Waals surface area (Å²) in [5.41, 5.74) is 0.931. The molecule has 1 aromatic heterocycles. The summed E-state index contributed by atoms with van der Waals surface area (Å²) in [4.78, 5) is 8.86. The third-order valence-electron chi connectivity index (χ3n) is 5.46. The molecule has 172 valence electrons. The van der Waals surface area contributed by atoms with E-state index in [0.29, 0.717) is 17.8 Å². The van der Waals surface area contributed by atoms with Gasteiger partial charge < -0.3 is 19.9 Å². The first-order valence-electron chi connectivity index (χ1n) is 10.7. The third-order valence-corrected chi connectivity index (χ3v) is 6.55. The number of benzene rings is 1. The number of guanidine groups is 1. The molecular formula is C22H34IN5O2S. The summed E-state index contributed by atoms with van der Waals surface area (Å²) < 4.78 is 10.6. The fraction of sp³-hybridized carbons (Fsp3) is 0.591. The van der Waals surface area contributed by atoms with Gasteiger partial charge in [-0.2, -0.15) is 16.7 Å². The lowest BCUT2D eigenvalue weighted by Crippen LogP contribution is -2.42. The third kappa shape index (κ3) is 8.17.